The molecule has 120 valence electrons. The number of halogens is 2. The molecular weight excluding hydrogens is 335 g/mol. The molecule has 0 saturated heterocycles. The molecule has 24 heavy (non-hydrogen) atoms. The molecule has 1 aliphatic rings. The number of rotatable bonds is 1. The largest absolute Gasteiger partial charge is 0.329 e. The van der Waals surface area contributed by atoms with E-state index in [4.69, 9.17) is 16.9 Å². The standard InChI is InChI=1S/C15H10ClFN6O/c16-9-1-2-12-19-13(14(17)22(12)7-9)15(24)21-3-4-23-11(8-21)5-10(6-18)20-23/h1-2,5,7H,3-4,8H2. The first-order valence-corrected chi connectivity index (χ1v) is 7.54. The number of imidazole rings is 1. The van der Waals surface area contributed by atoms with E-state index in [1.54, 1.807) is 22.9 Å². The summed E-state index contributed by atoms with van der Waals surface area (Å²) in [6.07, 6.45) is 1.38. The number of carbonyl (C=O) groups is 1. The first kappa shape index (κ1) is 14.7. The van der Waals surface area contributed by atoms with E-state index < -0.39 is 11.9 Å². The summed E-state index contributed by atoms with van der Waals surface area (Å²) in [6, 6.07) is 6.72. The van der Waals surface area contributed by atoms with E-state index in [1.807, 2.05) is 6.07 Å². The van der Waals surface area contributed by atoms with E-state index in [0.717, 1.165) is 10.1 Å². The maximum Gasteiger partial charge on any atom is 0.277 e. The van der Waals surface area contributed by atoms with Crippen molar-refractivity contribution in [1.82, 2.24) is 24.1 Å². The van der Waals surface area contributed by atoms with E-state index in [2.05, 4.69) is 10.1 Å². The lowest BCUT2D eigenvalue weighted by molar-refractivity contribution is 0.0695. The Kier molecular flexibility index (Phi) is 3.25. The predicted octanol–water partition coefficient (Wildman–Crippen LogP) is 1.85. The first-order valence-electron chi connectivity index (χ1n) is 7.16. The van der Waals surface area contributed by atoms with Crippen LogP contribution in [0.4, 0.5) is 4.39 Å². The molecular formula is C15H10ClFN6O. The zero-order chi connectivity index (χ0) is 16.8. The molecule has 0 atom stereocenters. The molecule has 0 unspecified atom stereocenters. The minimum atomic E-state index is -0.741. The zero-order valence-electron chi connectivity index (χ0n) is 12.3. The normalized spacial score (nSPS) is 13.8. The van der Waals surface area contributed by atoms with E-state index in [0.29, 0.717) is 29.5 Å². The second-order valence-corrected chi connectivity index (χ2v) is 5.85. The van der Waals surface area contributed by atoms with Gasteiger partial charge in [-0.05, 0) is 18.2 Å². The summed E-state index contributed by atoms with van der Waals surface area (Å²) in [5, 5.41) is 13.4. The Morgan fingerprint density at radius 3 is 3.00 bits per heavy atom. The quantitative estimate of drug-likeness (QED) is 0.675. The molecule has 1 amide bonds. The molecule has 0 aromatic carbocycles. The third-order valence-electron chi connectivity index (χ3n) is 3.93. The van der Waals surface area contributed by atoms with Crippen molar-refractivity contribution in [2.75, 3.05) is 6.54 Å². The molecule has 1 aliphatic heterocycles. The van der Waals surface area contributed by atoms with E-state index in [1.165, 1.54) is 11.1 Å². The molecule has 0 spiro atoms. The van der Waals surface area contributed by atoms with Gasteiger partial charge in [-0.2, -0.15) is 14.8 Å². The fraction of sp³-hybridized carbons (Fsp3) is 0.200. The van der Waals surface area contributed by atoms with Crippen molar-refractivity contribution < 1.29 is 9.18 Å². The molecule has 3 aromatic rings. The fourth-order valence-corrected chi connectivity index (χ4v) is 2.93. The minimum Gasteiger partial charge on any atom is -0.329 e. The number of hydrogen-bond acceptors (Lipinski definition) is 4. The summed E-state index contributed by atoms with van der Waals surface area (Å²) in [7, 11) is 0. The van der Waals surface area contributed by atoms with Crippen LogP contribution >= 0.6 is 11.6 Å². The summed E-state index contributed by atoms with van der Waals surface area (Å²) in [6.45, 7) is 1.07. The summed E-state index contributed by atoms with van der Waals surface area (Å²) in [4.78, 5) is 18.2. The van der Waals surface area contributed by atoms with Crippen LogP contribution in [0.25, 0.3) is 5.65 Å². The van der Waals surface area contributed by atoms with Crippen LogP contribution in [0.15, 0.2) is 24.4 Å². The van der Waals surface area contributed by atoms with Crippen LogP contribution in [0.2, 0.25) is 5.02 Å². The lowest BCUT2D eigenvalue weighted by Gasteiger charge is -2.26. The molecule has 7 nitrogen and oxygen atoms in total. The monoisotopic (exact) mass is 344 g/mol. The zero-order valence-corrected chi connectivity index (χ0v) is 13.0. The van der Waals surface area contributed by atoms with Crippen LogP contribution in [0.1, 0.15) is 21.9 Å². The molecule has 9 heteroatoms. The number of amides is 1. The molecule has 4 rings (SSSR count). The van der Waals surface area contributed by atoms with Gasteiger partial charge in [0, 0.05) is 12.7 Å². The number of aromatic nitrogens is 4. The van der Waals surface area contributed by atoms with Crippen molar-refractivity contribution in [3.8, 4) is 6.07 Å². The van der Waals surface area contributed by atoms with E-state index >= 15 is 0 Å². The van der Waals surface area contributed by atoms with Crippen LogP contribution in [0, 0.1) is 17.3 Å². The molecule has 3 aromatic heterocycles. The number of hydrogen-bond donors (Lipinski definition) is 0. The minimum absolute atomic E-state index is 0.245. The van der Waals surface area contributed by atoms with Gasteiger partial charge < -0.3 is 4.90 Å². The van der Waals surface area contributed by atoms with Crippen molar-refractivity contribution in [3.05, 3.63) is 52.4 Å². The molecule has 0 saturated carbocycles. The lowest BCUT2D eigenvalue weighted by Crippen LogP contribution is -2.38. The van der Waals surface area contributed by atoms with Crippen LogP contribution < -0.4 is 0 Å². The maximum absolute atomic E-state index is 14.5. The van der Waals surface area contributed by atoms with E-state index in [-0.39, 0.29) is 12.2 Å². The number of nitrogens with zero attached hydrogens (tertiary/aromatic N) is 6. The Morgan fingerprint density at radius 1 is 1.38 bits per heavy atom. The molecule has 0 radical (unpaired) electrons. The number of carbonyl (C=O) groups excluding carboxylic acids is 1. The number of pyridine rings is 1. The lowest BCUT2D eigenvalue weighted by atomic mass is 10.2. The van der Waals surface area contributed by atoms with Gasteiger partial charge in [-0.25, -0.2) is 4.98 Å². The molecule has 0 aliphatic carbocycles. The summed E-state index contributed by atoms with van der Waals surface area (Å²) in [5.41, 5.74) is 1.10. The first-order chi connectivity index (χ1) is 11.6. The van der Waals surface area contributed by atoms with Gasteiger partial charge in [-0.1, -0.05) is 11.6 Å². The Labute approximate surface area is 140 Å². The topological polar surface area (TPSA) is 79.2 Å². The number of nitriles is 1. The highest BCUT2D eigenvalue weighted by Gasteiger charge is 2.28. The average molecular weight is 345 g/mol. The van der Waals surface area contributed by atoms with Crippen molar-refractivity contribution >= 4 is 23.2 Å². The fourth-order valence-electron chi connectivity index (χ4n) is 2.77. The number of fused-ring (bicyclic) bond motifs is 2. The molecule has 4 heterocycles. The molecule has 0 bridgehead atoms. The smallest absolute Gasteiger partial charge is 0.277 e. The maximum atomic E-state index is 14.5. The highest BCUT2D eigenvalue weighted by molar-refractivity contribution is 6.30. The van der Waals surface area contributed by atoms with Gasteiger partial charge in [0.05, 0.1) is 23.8 Å². The Bertz CT molecular complexity index is 1020. The van der Waals surface area contributed by atoms with Gasteiger partial charge in [0.1, 0.15) is 11.7 Å². The van der Waals surface area contributed by atoms with Crippen LogP contribution in [0.5, 0.6) is 0 Å². The average Bonchev–Trinajstić information content (AvgIpc) is 3.14. The SMILES string of the molecule is N#Cc1cc2n(n1)CCN(C(=O)c1nc3ccc(Cl)cn3c1F)C2. The summed E-state index contributed by atoms with van der Waals surface area (Å²) < 4.78 is 17.3. The van der Waals surface area contributed by atoms with Gasteiger partial charge in [0.25, 0.3) is 5.91 Å². The van der Waals surface area contributed by atoms with Crippen LogP contribution in [0.3, 0.4) is 0 Å². The summed E-state index contributed by atoms with van der Waals surface area (Å²) >= 11 is 5.85. The van der Waals surface area contributed by atoms with Gasteiger partial charge in [-0.15, -0.1) is 0 Å². The van der Waals surface area contributed by atoms with Gasteiger partial charge in [0.15, 0.2) is 11.4 Å². The second-order valence-electron chi connectivity index (χ2n) is 5.41. The third kappa shape index (κ3) is 2.21. The molecule has 0 N–H and O–H groups in total. The van der Waals surface area contributed by atoms with Crippen molar-refractivity contribution in [1.29, 1.82) is 5.26 Å². The van der Waals surface area contributed by atoms with Crippen molar-refractivity contribution in [3.63, 3.8) is 0 Å². The van der Waals surface area contributed by atoms with E-state index in [9.17, 15) is 9.18 Å². The van der Waals surface area contributed by atoms with Crippen molar-refractivity contribution in [2.24, 2.45) is 0 Å². The van der Waals surface area contributed by atoms with Gasteiger partial charge in [-0.3, -0.25) is 13.9 Å². The molecule has 0 fully saturated rings. The van der Waals surface area contributed by atoms with Gasteiger partial charge >= 0.3 is 0 Å². The van der Waals surface area contributed by atoms with Crippen molar-refractivity contribution in [2.45, 2.75) is 13.1 Å². The highest BCUT2D eigenvalue weighted by Crippen LogP contribution is 2.20. The Morgan fingerprint density at radius 2 is 2.21 bits per heavy atom. The Hall–Kier alpha value is -2.92. The van der Waals surface area contributed by atoms with Gasteiger partial charge in [0.2, 0.25) is 5.95 Å². The highest BCUT2D eigenvalue weighted by atomic mass is 35.5. The second kappa shape index (κ2) is 5.32. The van der Waals surface area contributed by atoms with Crippen LogP contribution in [-0.4, -0.2) is 36.5 Å². The third-order valence-corrected chi connectivity index (χ3v) is 4.15. The summed E-state index contributed by atoms with van der Waals surface area (Å²) in [5.74, 6) is -1.24. The predicted molar refractivity (Wildman–Crippen MR) is 81.8 cm³/mol. The van der Waals surface area contributed by atoms with Crippen LogP contribution in [-0.2, 0) is 13.1 Å². The Balaban J connectivity index is 1.67.